The molecule has 1 aromatic carbocycles. The predicted molar refractivity (Wildman–Crippen MR) is 128 cm³/mol. The standard InChI is InChI=1S/C24H36N4O4/c1-7-17(6)18-10-8-9-11-19(18)32-14-20(29)27(12-15(2)3)21-22(25)28(13-16(4)5)24(31)26-23(21)30/h8-11,15-17H,7,12-14,25H2,1-6H3,(H,26,30,31). The molecule has 3 N–H and O–H groups in total. The zero-order valence-corrected chi connectivity index (χ0v) is 20.0. The van der Waals surface area contributed by atoms with Crippen LogP contribution in [-0.4, -0.2) is 28.6 Å². The molecule has 1 amide bonds. The molecule has 2 rings (SSSR count). The number of carbonyl (C=O) groups is 1. The number of ether oxygens (including phenoxy) is 1. The Balaban J connectivity index is 2.41. The van der Waals surface area contributed by atoms with E-state index in [9.17, 15) is 14.4 Å². The summed E-state index contributed by atoms with van der Waals surface area (Å²) in [6.45, 7) is 12.3. The SMILES string of the molecule is CCC(C)c1ccccc1OCC(=O)N(CC(C)C)c1c(N)n(CC(C)C)c(=O)[nH]c1=O. The molecule has 176 valence electrons. The van der Waals surface area contributed by atoms with Crippen molar-refractivity contribution in [2.24, 2.45) is 11.8 Å². The minimum absolute atomic E-state index is 0.0113. The first-order valence-electron chi connectivity index (χ1n) is 11.2. The van der Waals surface area contributed by atoms with Gasteiger partial charge >= 0.3 is 5.69 Å². The zero-order valence-electron chi connectivity index (χ0n) is 20.0. The molecule has 8 nitrogen and oxygen atoms in total. The molecule has 0 radical (unpaired) electrons. The number of aromatic nitrogens is 2. The molecule has 0 spiro atoms. The van der Waals surface area contributed by atoms with Crippen LogP contribution in [0.4, 0.5) is 11.5 Å². The minimum atomic E-state index is -0.679. The monoisotopic (exact) mass is 444 g/mol. The highest BCUT2D eigenvalue weighted by atomic mass is 16.5. The fourth-order valence-electron chi connectivity index (χ4n) is 3.52. The first-order chi connectivity index (χ1) is 15.1. The van der Waals surface area contributed by atoms with E-state index in [2.05, 4.69) is 18.8 Å². The second kappa shape index (κ2) is 11.0. The van der Waals surface area contributed by atoms with Gasteiger partial charge in [-0.1, -0.05) is 59.7 Å². The molecule has 0 aliphatic carbocycles. The number of aromatic amines is 1. The maximum Gasteiger partial charge on any atom is 0.330 e. The number of hydrogen-bond donors (Lipinski definition) is 2. The smallest absolute Gasteiger partial charge is 0.330 e. The summed E-state index contributed by atoms with van der Waals surface area (Å²) in [5, 5.41) is 0. The van der Waals surface area contributed by atoms with E-state index in [0.29, 0.717) is 12.3 Å². The summed E-state index contributed by atoms with van der Waals surface area (Å²) in [4.78, 5) is 41.9. The molecule has 1 heterocycles. The molecular formula is C24H36N4O4. The van der Waals surface area contributed by atoms with E-state index in [4.69, 9.17) is 10.5 Å². The van der Waals surface area contributed by atoms with Gasteiger partial charge in [-0.05, 0) is 35.8 Å². The molecule has 0 aliphatic rings. The number of para-hydroxylation sites is 1. The lowest BCUT2D eigenvalue weighted by atomic mass is 9.98. The topological polar surface area (TPSA) is 110 Å². The second-order valence-corrected chi connectivity index (χ2v) is 9.03. The van der Waals surface area contributed by atoms with Crippen LogP contribution in [0.1, 0.15) is 59.4 Å². The Morgan fingerprint density at radius 2 is 1.78 bits per heavy atom. The molecule has 2 aromatic rings. The van der Waals surface area contributed by atoms with Crippen LogP contribution < -0.4 is 26.6 Å². The molecule has 1 atom stereocenters. The van der Waals surface area contributed by atoms with Crippen molar-refractivity contribution in [1.29, 1.82) is 0 Å². The maximum absolute atomic E-state index is 13.2. The van der Waals surface area contributed by atoms with Gasteiger partial charge < -0.3 is 15.4 Å². The van der Waals surface area contributed by atoms with E-state index >= 15 is 0 Å². The number of nitrogens with one attached hydrogen (secondary N) is 1. The predicted octanol–water partition coefficient (Wildman–Crippen LogP) is 3.36. The van der Waals surface area contributed by atoms with Crippen molar-refractivity contribution in [1.82, 2.24) is 9.55 Å². The largest absolute Gasteiger partial charge is 0.483 e. The number of hydrogen-bond acceptors (Lipinski definition) is 5. The van der Waals surface area contributed by atoms with Crippen molar-refractivity contribution in [2.45, 2.75) is 60.4 Å². The van der Waals surface area contributed by atoms with Gasteiger partial charge in [-0.3, -0.25) is 19.1 Å². The normalized spacial score (nSPS) is 12.2. The average Bonchev–Trinajstić information content (AvgIpc) is 2.73. The molecule has 0 fully saturated rings. The van der Waals surface area contributed by atoms with Crippen molar-refractivity contribution in [3.05, 3.63) is 50.7 Å². The van der Waals surface area contributed by atoms with E-state index in [0.717, 1.165) is 12.0 Å². The quantitative estimate of drug-likeness (QED) is 0.584. The van der Waals surface area contributed by atoms with Gasteiger partial charge in [0.2, 0.25) is 0 Å². The minimum Gasteiger partial charge on any atom is -0.483 e. The Morgan fingerprint density at radius 3 is 2.38 bits per heavy atom. The number of amides is 1. The second-order valence-electron chi connectivity index (χ2n) is 9.03. The van der Waals surface area contributed by atoms with E-state index in [1.807, 2.05) is 52.0 Å². The molecule has 0 aliphatic heterocycles. The summed E-state index contributed by atoms with van der Waals surface area (Å²) < 4.78 is 7.20. The van der Waals surface area contributed by atoms with Crippen molar-refractivity contribution in [2.75, 3.05) is 23.8 Å². The van der Waals surface area contributed by atoms with Crippen LogP contribution in [0.3, 0.4) is 0 Å². The van der Waals surface area contributed by atoms with Crippen LogP contribution in [0.25, 0.3) is 0 Å². The summed E-state index contributed by atoms with van der Waals surface area (Å²) in [5.41, 5.74) is 6.00. The highest BCUT2D eigenvalue weighted by Gasteiger charge is 2.26. The third kappa shape index (κ3) is 6.02. The van der Waals surface area contributed by atoms with Crippen molar-refractivity contribution < 1.29 is 9.53 Å². The number of nitrogen functional groups attached to an aromatic ring is 1. The van der Waals surface area contributed by atoms with Gasteiger partial charge in [-0.25, -0.2) is 4.79 Å². The fraction of sp³-hybridized carbons (Fsp3) is 0.542. The van der Waals surface area contributed by atoms with Crippen LogP contribution in [0, 0.1) is 11.8 Å². The van der Waals surface area contributed by atoms with Crippen LogP contribution in [-0.2, 0) is 11.3 Å². The molecule has 0 saturated heterocycles. The number of nitrogens with two attached hydrogens (primary N) is 1. The van der Waals surface area contributed by atoms with Gasteiger partial charge in [0, 0.05) is 13.1 Å². The summed E-state index contributed by atoms with van der Waals surface area (Å²) >= 11 is 0. The Morgan fingerprint density at radius 1 is 1.12 bits per heavy atom. The van der Waals surface area contributed by atoms with Crippen LogP contribution in [0.2, 0.25) is 0 Å². The Labute approximate surface area is 189 Å². The van der Waals surface area contributed by atoms with Gasteiger partial charge in [0.15, 0.2) is 12.3 Å². The number of anilines is 2. The first-order valence-corrected chi connectivity index (χ1v) is 11.2. The lowest BCUT2D eigenvalue weighted by Gasteiger charge is -2.26. The van der Waals surface area contributed by atoms with Gasteiger partial charge in [0.1, 0.15) is 11.6 Å². The van der Waals surface area contributed by atoms with Gasteiger partial charge in [-0.15, -0.1) is 0 Å². The zero-order chi connectivity index (χ0) is 24.0. The summed E-state index contributed by atoms with van der Waals surface area (Å²) in [5.74, 6) is 0.711. The van der Waals surface area contributed by atoms with Gasteiger partial charge in [-0.2, -0.15) is 0 Å². The third-order valence-electron chi connectivity index (χ3n) is 5.29. The molecule has 0 saturated carbocycles. The number of nitrogens with zero attached hydrogens (tertiary/aromatic N) is 2. The van der Waals surface area contributed by atoms with E-state index in [-0.39, 0.29) is 42.4 Å². The third-order valence-corrected chi connectivity index (χ3v) is 5.29. The van der Waals surface area contributed by atoms with Crippen LogP contribution in [0.15, 0.2) is 33.9 Å². The molecule has 1 aromatic heterocycles. The fourth-order valence-corrected chi connectivity index (χ4v) is 3.52. The van der Waals surface area contributed by atoms with Crippen LogP contribution in [0.5, 0.6) is 5.75 Å². The molecule has 0 bridgehead atoms. The van der Waals surface area contributed by atoms with Crippen molar-refractivity contribution in [3.63, 3.8) is 0 Å². The molecule has 32 heavy (non-hydrogen) atoms. The average molecular weight is 445 g/mol. The first kappa shape index (κ1) is 25.2. The van der Waals surface area contributed by atoms with Crippen molar-refractivity contribution in [3.8, 4) is 5.75 Å². The Hall–Kier alpha value is -3.03. The van der Waals surface area contributed by atoms with Gasteiger partial charge in [0.25, 0.3) is 11.5 Å². The number of carbonyl (C=O) groups excluding carboxylic acids is 1. The number of H-pyrrole nitrogens is 1. The molecule has 1 unspecified atom stereocenters. The molecular weight excluding hydrogens is 408 g/mol. The van der Waals surface area contributed by atoms with Crippen LogP contribution >= 0.6 is 0 Å². The van der Waals surface area contributed by atoms with Gasteiger partial charge in [0.05, 0.1) is 0 Å². The number of benzene rings is 1. The Bertz CT molecular complexity index is 1040. The van der Waals surface area contributed by atoms with Crippen molar-refractivity contribution >= 4 is 17.4 Å². The summed E-state index contributed by atoms with van der Waals surface area (Å²) in [6.07, 6.45) is 0.942. The summed E-state index contributed by atoms with van der Waals surface area (Å²) in [6, 6.07) is 7.64. The lowest BCUT2D eigenvalue weighted by molar-refractivity contribution is -0.120. The summed E-state index contributed by atoms with van der Waals surface area (Å²) in [7, 11) is 0. The lowest BCUT2D eigenvalue weighted by Crippen LogP contribution is -2.44. The van der Waals surface area contributed by atoms with E-state index < -0.39 is 17.2 Å². The number of rotatable bonds is 10. The molecule has 8 heteroatoms. The highest BCUT2D eigenvalue weighted by molar-refractivity contribution is 5.96. The highest BCUT2D eigenvalue weighted by Crippen LogP contribution is 2.28. The Kier molecular flexibility index (Phi) is 8.69. The van der Waals surface area contributed by atoms with E-state index in [1.54, 1.807) is 0 Å². The van der Waals surface area contributed by atoms with E-state index in [1.165, 1.54) is 9.47 Å². The maximum atomic E-state index is 13.2.